The number of likely N-dealkylation sites (tertiary alicyclic amines) is 1. The van der Waals surface area contributed by atoms with Crippen LogP contribution in [-0.4, -0.2) is 75.4 Å². The van der Waals surface area contributed by atoms with Crippen LogP contribution in [-0.2, 0) is 21.2 Å². The third-order valence-electron chi connectivity index (χ3n) is 7.05. The highest BCUT2D eigenvalue weighted by atomic mass is 32.2. The molecule has 1 fully saturated rings. The average Bonchev–Trinajstić information content (AvgIpc) is 3.28. The van der Waals surface area contributed by atoms with Gasteiger partial charge in [-0.3, -0.25) is 4.79 Å². The van der Waals surface area contributed by atoms with Crippen LogP contribution in [0.2, 0.25) is 0 Å². The molecule has 9 nitrogen and oxygen atoms in total. The minimum absolute atomic E-state index is 0.0271. The number of amides is 1. The van der Waals surface area contributed by atoms with E-state index in [-0.39, 0.29) is 23.0 Å². The minimum atomic E-state index is -4.74. The number of β-amino-alcohol motifs (C(OH)–C–C–N with tert-alkyl or cyclic N) is 1. The van der Waals surface area contributed by atoms with Crippen LogP contribution in [0.25, 0.3) is 10.1 Å². The van der Waals surface area contributed by atoms with Crippen LogP contribution in [0.4, 0.5) is 37.7 Å². The monoisotopic (exact) mass is 706 g/mol. The number of aliphatic hydroxyl groups is 1. The molecule has 1 aliphatic rings. The van der Waals surface area contributed by atoms with Gasteiger partial charge in [-0.05, 0) is 36.8 Å². The van der Waals surface area contributed by atoms with E-state index in [1.54, 1.807) is 25.1 Å². The smallest absolute Gasteiger partial charge is 0.393 e. The van der Waals surface area contributed by atoms with E-state index in [2.05, 4.69) is 32.1 Å². The van der Waals surface area contributed by atoms with Crippen LogP contribution in [0.15, 0.2) is 35.2 Å². The zero-order valence-electron chi connectivity index (χ0n) is 25.2. The van der Waals surface area contributed by atoms with Crippen molar-refractivity contribution in [3.05, 3.63) is 46.6 Å². The van der Waals surface area contributed by atoms with Gasteiger partial charge in [0.1, 0.15) is 10.7 Å². The zero-order chi connectivity index (χ0) is 34.5. The quantitative estimate of drug-likeness (QED) is 0.157. The summed E-state index contributed by atoms with van der Waals surface area (Å²) in [7, 11) is -4.74. The number of benzene rings is 2. The first kappa shape index (κ1) is 36.1. The van der Waals surface area contributed by atoms with Crippen molar-refractivity contribution in [2.24, 2.45) is 0 Å². The normalized spacial score (nSPS) is 15.3. The highest BCUT2D eigenvalue weighted by molar-refractivity contribution is 7.90. The molecule has 1 atom stereocenters. The van der Waals surface area contributed by atoms with Crippen molar-refractivity contribution in [2.75, 3.05) is 36.8 Å². The summed E-state index contributed by atoms with van der Waals surface area (Å²) in [6, 6.07) is 6.14. The molecule has 0 radical (unpaired) electrons. The van der Waals surface area contributed by atoms with Gasteiger partial charge in [0, 0.05) is 44.7 Å². The van der Waals surface area contributed by atoms with Crippen molar-refractivity contribution in [3.63, 3.8) is 0 Å². The maximum Gasteiger partial charge on any atom is 0.393 e. The Kier molecular flexibility index (Phi) is 11.5. The number of halogens is 6. The molecule has 4 N–H and O–H groups in total. The zero-order valence-corrected chi connectivity index (χ0v) is 26.8. The van der Waals surface area contributed by atoms with Crippen LogP contribution in [0.3, 0.4) is 0 Å². The second kappa shape index (κ2) is 15.0. The van der Waals surface area contributed by atoms with Gasteiger partial charge in [0.15, 0.2) is 5.75 Å². The van der Waals surface area contributed by atoms with Crippen LogP contribution in [0.1, 0.15) is 37.1 Å². The van der Waals surface area contributed by atoms with E-state index in [0.717, 1.165) is 44.2 Å². The number of nitrogens with zero attached hydrogens (tertiary/aromatic N) is 1. The Balaban J connectivity index is 1.59. The number of hydrogen-bond donors (Lipinski definition) is 4. The summed E-state index contributed by atoms with van der Waals surface area (Å²) >= 11 is 1.07. The molecule has 1 aliphatic heterocycles. The van der Waals surface area contributed by atoms with Gasteiger partial charge in [0.2, 0.25) is 5.91 Å². The molecule has 0 aliphatic carbocycles. The number of sulfonamides is 1. The third-order valence-corrected chi connectivity index (χ3v) is 9.70. The van der Waals surface area contributed by atoms with Gasteiger partial charge in [0.25, 0.3) is 10.0 Å². The van der Waals surface area contributed by atoms with E-state index >= 15 is 0 Å². The predicted octanol–water partition coefficient (Wildman–Crippen LogP) is 5.29. The standard InChI is InChI=1S/C30H32F6N4O5S2/c1-17(41)16-40-11-8-19(9-12-40)38-23-6-3-5-20-21(15-30(34,35)36)26(46-28(20)23)7-4-10-37-24-13-22(31)27(14-25(24)45-29(32)33)47(43,44)39-18(2)42/h3,5-6,13-14,17,19,29,37-38,41H,8-12,15-16H2,1-2H3,(H,39,42). The van der Waals surface area contributed by atoms with E-state index in [0.29, 0.717) is 34.5 Å². The number of piperidine rings is 1. The molecular weight excluding hydrogens is 674 g/mol. The van der Waals surface area contributed by atoms with Crippen molar-refractivity contribution < 1.29 is 49.4 Å². The summed E-state index contributed by atoms with van der Waals surface area (Å²) in [6.07, 6.45) is -4.68. The number of rotatable bonds is 11. The first-order valence-electron chi connectivity index (χ1n) is 14.3. The first-order chi connectivity index (χ1) is 22.0. The van der Waals surface area contributed by atoms with Crippen molar-refractivity contribution >= 4 is 48.7 Å². The molecular formula is C30H32F6N4O5S2. The molecule has 2 aromatic carbocycles. The summed E-state index contributed by atoms with van der Waals surface area (Å²) in [5.74, 6) is 2.14. The highest BCUT2D eigenvalue weighted by Crippen LogP contribution is 2.39. The van der Waals surface area contributed by atoms with Crippen LogP contribution in [0, 0.1) is 17.7 Å². The van der Waals surface area contributed by atoms with Crippen LogP contribution in [0.5, 0.6) is 5.75 Å². The lowest BCUT2D eigenvalue weighted by atomic mass is 10.0. The molecule has 1 saturated heterocycles. The highest BCUT2D eigenvalue weighted by Gasteiger charge is 2.31. The van der Waals surface area contributed by atoms with E-state index in [1.165, 1.54) is 4.72 Å². The summed E-state index contributed by atoms with van der Waals surface area (Å²) in [4.78, 5) is 12.4. The number of nitrogens with one attached hydrogen (secondary N) is 3. The van der Waals surface area contributed by atoms with E-state index in [9.17, 15) is 44.7 Å². The lowest BCUT2D eigenvalue weighted by molar-refractivity contribution is -0.127. The van der Waals surface area contributed by atoms with Crippen molar-refractivity contribution in [2.45, 2.75) is 62.9 Å². The SMILES string of the molecule is CC(=O)NS(=O)(=O)c1cc(OC(F)F)c(NCC#Cc2sc3c(NC4CCN(CC(C)O)CC4)cccc3c2CC(F)(F)F)cc1F. The van der Waals surface area contributed by atoms with Gasteiger partial charge in [-0.1, -0.05) is 24.0 Å². The van der Waals surface area contributed by atoms with E-state index in [4.69, 9.17) is 0 Å². The number of alkyl halides is 5. The Morgan fingerprint density at radius 1 is 1.19 bits per heavy atom. The van der Waals surface area contributed by atoms with Gasteiger partial charge < -0.3 is 25.4 Å². The number of anilines is 2. The van der Waals surface area contributed by atoms with Gasteiger partial charge in [-0.15, -0.1) is 11.3 Å². The molecule has 1 amide bonds. The fourth-order valence-corrected chi connectivity index (χ4v) is 7.43. The number of carbonyl (C=O) groups is 1. The molecule has 3 aromatic rings. The van der Waals surface area contributed by atoms with Crippen molar-refractivity contribution in [3.8, 4) is 17.6 Å². The lowest BCUT2D eigenvalue weighted by Gasteiger charge is -2.33. The number of hydrogen-bond acceptors (Lipinski definition) is 9. The molecule has 4 rings (SSSR count). The molecule has 47 heavy (non-hydrogen) atoms. The number of aliphatic hydroxyl groups excluding tert-OH is 1. The first-order valence-corrected chi connectivity index (χ1v) is 16.6. The fourth-order valence-electron chi connectivity index (χ4n) is 5.20. The topological polar surface area (TPSA) is 120 Å². The molecule has 0 spiro atoms. The largest absolute Gasteiger partial charge is 0.433 e. The third kappa shape index (κ3) is 9.89. The molecule has 256 valence electrons. The Bertz CT molecular complexity index is 1760. The Hall–Kier alpha value is -3.72. The summed E-state index contributed by atoms with van der Waals surface area (Å²) in [5, 5.41) is 16.0. The van der Waals surface area contributed by atoms with Gasteiger partial charge in [-0.2, -0.15) is 22.0 Å². The van der Waals surface area contributed by atoms with Crippen LogP contribution >= 0.6 is 11.3 Å². The number of carbonyl (C=O) groups excluding carboxylic acids is 1. The Labute approximate surface area is 271 Å². The van der Waals surface area contributed by atoms with E-state index in [1.807, 2.05) is 0 Å². The molecule has 17 heteroatoms. The Morgan fingerprint density at radius 2 is 1.89 bits per heavy atom. The fraction of sp³-hybridized carbons (Fsp3) is 0.433. The number of fused-ring (bicyclic) bond motifs is 1. The summed E-state index contributed by atoms with van der Waals surface area (Å²) in [6.45, 7) is 0.866. The summed E-state index contributed by atoms with van der Waals surface area (Å²) in [5.41, 5.74) is 0.229. The van der Waals surface area contributed by atoms with Crippen LogP contribution < -0.4 is 20.1 Å². The minimum Gasteiger partial charge on any atom is -0.433 e. The lowest BCUT2D eigenvalue weighted by Crippen LogP contribution is -2.41. The Morgan fingerprint density at radius 3 is 2.51 bits per heavy atom. The van der Waals surface area contributed by atoms with E-state index < -0.39 is 63.4 Å². The predicted molar refractivity (Wildman–Crippen MR) is 166 cm³/mol. The van der Waals surface area contributed by atoms with Gasteiger partial charge in [0.05, 0.1) is 40.0 Å². The number of thiophene rings is 1. The molecule has 0 saturated carbocycles. The van der Waals surface area contributed by atoms with Crippen molar-refractivity contribution in [1.29, 1.82) is 0 Å². The second-order valence-corrected chi connectivity index (χ2v) is 13.6. The number of ether oxygens (including phenoxy) is 1. The molecule has 1 unspecified atom stereocenters. The second-order valence-electron chi connectivity index (χ2n) is 10.9. The maximum atomic E-state index is 14.7. The van der Waals surface area contributed by atoms with Crippen molar-refractivity contribution in [1.82, 2.24) is 9.62 Å². The molecule has 0 bridgehead atoms. The van der Waals surface area contributed by atoms with Gasteiger partial charge in [-0.25, -0.2) is 17.5 Å². The maximum absolute atomic E-state index is 14.7. The average molecular weight is 707 g/mol. The summed E-state index contributed by atoms with van der Waals surface area (Å²) < 4.78 is 113. The van der Waals surface area contributed by atoms with Gasteiger partial charge >= 0.3 is 12.8 Å². The molecule has 1 aromatic heterocycles. The molecule has 2 heterocycles.